The topological polar surface area (TPSA) is 60.0 Å². The van der Waals surface area contributed by atoms with Crippen molar-refractivity contribution in [3.63, 3.8) is 0 Å². The summed E-state index contributed by atoms with van der Waals surface area (Å²) in [5.41, 5.74) is 2.76. The van der Waals surface area contributed by atoms with E-state index in [1.165, 1.54) is 0 Å². The normalized spacial score (nSPS) is 12.2. The van der Waals surface area contributed by atoms with Gasteiger partial charge in [0.2, 0.25) is 0 Å². The maximum Gasteiger partial charge on any atom is 0.121 e. The Kier molecular flexibility index (Phi) is 13.0. The summed E-state index contributed by atoms with van der Waals surface area (Å²) in [6.07, 6.45) is 3.86. The van der Waals surface area contributed by atoms with Gasteiger partial charge in [0.1, 0.15) is 5.75 Å². The number of hydrogen-bond donors (Lipinski definition) is 2. The molecule has 0 heterocycles. The molecule has 0 aliphatic heterocycles. The molecule has 2 aromatic carbocycles. The van der Waals surface area contributed by atoms with E-state index in [1.54, 1.807) is 7.11 Å². The highest BCUT2D eigenvalue weighted by Crippen LogP contribution is 2.25. The van der Waals surface area contributed by atoms with Crippen LogP contribution in [0.5, 0.6) is 5.75 Å². The number of rotatable bonds is 16. The Morgan fingerprint density at radius 2 is 1.66 bits per heavy atom. The summed E-state index contributed by atoms with van der Waals surface area (Å²) in [6.45, 7) is 5.63. The first kappa shape index (κ1) is 26.9. The van der Waals surface area contributed by atoms with Crippen LogP contribution < -0.4 is 10.1 Å². The largest absolute Gasteiger partial charge is 0.496 e. The summed E-state index contributed by atoms with van der Waals surface area (Å²) in [6, 6.07) is 11.2. The molecule has 0 saturated heterocycles. The number of halogens is 2. The van der Waals surface area contributed by atoms with Gasteiger partial charge in [-0.25, -0.2) is 0 Å². The van der Waals surface area contributed by atoms with Crippen LogP contribution in [0, 0.1) is 6.92 Å². The highest BCUT2D eigenvalue weighted by Gasteiger charge is 2.09. The van der Waals surface area contributed by atoms with E-state index in [0.717, 1.165) is 61.3 Å². The Morgan fingerprint density at radius 1 is 0.938 bits per heavy atom. The molecule has 0 amide bonds. The number of ether oxygens (including phenoxy) is 3. The zero-order valence-corrected chi connectivity index (χ0v) is 20.6. The number of aryl methyl sites for hydroxylation is 1. The molecular weight excluding hydrogens is 449 g/mol. The second-order valence-corrected chi connectivity index (χ2v) is 8.54. The van der Waals surface area contributed by atoms with Crippen LogP contribution in [0.4, 0.5) is 0 Å². The fourth-order valence-electron chi connectivity index (χ4n) is 3.34. The molecule has 0 bridgehead atoms. The van der Waals surface area contributed by atoms with Crippen molar-refractivity contribution in [2.24, 2.45) is 0 Å². The van der Waals surface area contributed by atoms with Crippen LogP contribution in [0.1, 0.15) is 48.5 Å². The molecule has 0 unspecified atom stereocenters. The summed E-state index contributed by atoms with van der Waals surface area (Å²) >= 11 is 12.2. The number of aliphatic hydroxyl groups excluding tert-OH is 1. The van der Waals surface area contributed by atoms with Gasteiger partial charge in [0.05, 0.1) is 33.0 Å². The van der Waals surface area contributed by atoms with Gasteiger partial charge in [0.15, 0.2) is 0 Å². The lowest BCUT2D eigenvalue weighted by molar-refractivity contribution is 0.0393. The lowest BCUT2D eigenvalue weighted by Gasteiger charge is -2.14. The van der Waals surface area contributed by atoms with Crippen LogP contribution in [0.2, 0.25) is 10.0 Å². The molecule has 0 fully saturated rings. The Balaban J connectivity index is 1.41. The molecule has 0 aromatic heterocycles. The average molecular weight is 484 g/mol. The standard InChI is InChI=1S/C25H35Cl2NO4/c1-19-16-20(10-11-25(19)30-2)24(29)17-28-12-5-3-4-6-13-31-14-15-32-18-21-22(26)8-7-9-23(21)27/h7-11,16,24,28-29H,3-6,12-15,17-18H2,1-2H3/t24-/m0/s1. The Labute approximate surface area is 202 Å². The van der Waals surface area contributed by atoms with E-state index in [1.807, 2.05) is 43.3 Å². The third kappa shape index (κ3) is 9.65. The number of methoxy groups -OCH3 is 1. The zero-order chi connectivity index (χ0) is 23.2. The Morgan fingerprint density at radius 3 is 2.38 bits per heavy atom. The van der Waals surface area contributed by atoms with Gasteiger partial charge >= 0.3 is 0 Å². The molecule has 1 atom stereocenters. The van der Waals surface area contributed by atoms with E-state index in [9.17, 15) is 5.11 Å². The predicted octanol–water partition coefficient (Wildman–Crippen LogP) is 5.73. The smallest absolute Gasteiger partial charge is 0.121 e. The maximum absolute atomic E-state index is 10.3. The van der Waals surface area contributed by atoms with Crippen molar-refractivity contribution in [3.05, 3.63) is 63.1 Å². The minimum atomic E-state index is -0.510. The van der Waals surface area contributed by atoms with Gasteiger partial charge in [0.25, 0.3) is 0 Å². The highest BCUT2D eigenvalue weighted by molar-refractivity contribution is 6.35. The van der Waals surface area contributed by atoms with Crippen LogP contribution in [-0.4, -0.2) is 45.1 Å². The highest BCUT2D eigenvalue weighted by atomic mass is 35.5. The van der Waals surface area contributed by atoms with Crippen LogP contribution in [0.3, 0.4) is 0 Å². The van der Waals surface area contributed by atoms with Crippen LogP contribution in [0.15, 0.2) is 36.4 Å². The van der Waals surface area contributed by atoms with Crippen molar-refractivity contribution in [1.29, 1.82) is 0 Å². The van der Waals surface area contributed by atoms with Gasteiger partial charge < -0.3 is 24.6 Å². The first-order valence-corrected chi connectivity index (χ1v) is 11.9. The van der Waals surface area contributed by atoms with E-state index in [0.29, 0.717) is 36.4 Å². The fraction of sp³-hybridized carbons (Fsp3) is 0.520. The first-order chi connectivity index (χ1) is 15.5. The molecule has 0 saturated carbocycles. The molecule has 0 aliphatic carbocycles. The third-order valence-electron chi connectivity index (χ3n) is 5.21. The molecule has 7 heteroatoms. The number of aliphatic hydroxyl groups is 1. The van der Waals surface area contributed by atoms with Crippen molar-refractivity contribution < 1.29 is 19.3 Å². The number of hydrogen-bond acceptors (Lipinski definition) is 5. The second kappa shape index (κ2) is 15.5. The summed E-state index contributed by atoms with van der Waals surface area (Å²) in [7, 11) is 1.65. The summed E-state index contributed by atoms with van der Waals surface area (Å²) in [5, 5.41) is 14.9. The van der Waals surface area contributed by atoms with Gasteiger partial charge in [-0.3, -0.25) is 0 Å². The van der Waals surface area contributed by atoms with Crippen molar-refractivity contribution in [2.45, 2.75) is 45.3 Å². The summed E-state index contributed by atoms with van der Waals surface area (Å²) < 4.78 is 16.5. The minimum absolute atomic E-state index is 0.391. The van der Waals surface area contributed by atoms with E-state index < -0.39 is 6.10 Å². The van der Waals surface area contributed by atoms with E-state index in [4.69, 9.17) is 37.4 Å². The molecule has 32 heavy (non-hydrogen) atoms. The van der Waals surface area contributed by atoms with Crippen LogP contribution in [-0.2, 0) is 16.1 Å². The molecule has 2 aromatic rings. The molecule has 5 nitrogen and oxygen atoms in total. The van der Waals surface area contributed by atoms with E-state index in [2.05, 4.69) is 5.32 Å². The van der Waals surface area contributed by atoms with Gasteiger partial charge in [-0.1, -0.05) is 48.2 Å². The zero-order valence-electron chi connectivity index (χ0n) is 19.0. The summed E-state index contributed by atoms with van der Waals surface area (Å²) in [5.74, 6) is 0.840. The van der Waals surface area contributed by atoms with Crippen LogP contribution >= 0.6 is 23.2 Å². The molecule has 2 rings (SSSR count). The molecule has 0 aliphatic rings. The van der Waals surface area contributed by atoms with Gasteiger partial charge in [-0.2, -0.15) is 0 Å². The maximum atomic E-state index is 10.3. The van der Waals surface area contributed by atoms with Gasteiger partial charge in [0, 0.05) is 28.8 Å². The quantitative estimate of drug-likeness (QED) is 0.298. The third-order valence-corrected chi connectivity index (χ3v) is 5.92. The van der Waals surface area contributed by atoms with Crippen molar-refractivity contribution >= 4 is 23.2 Å². The molecule has 2 N–H and O–H groups in total. The van der Waals surface area contributed by atoms with Gasteiger partial charge in [-0.05, 0) is 61.7 Å². The Bertz CT molecular complexity index is 783. The number of benzene rings is 2. The second-order valence-electron chi connectivity index (χ2n) is 7.73. The molecular formula is C25H35Cl2NO4. The molecule has 178 valence electrons. The van der Waals surface area contributed by atoms with Gasteiger partial charge in [-0.15, -0.1) is 0 Å². The number of nitrogens with one attached hydrogen (secondary N) is 1. The van der Waals surface area contributed by atoms with Crippen molar-refractivity contribution in [3.8, 4) is 5.75 Å². The lowest BCUT2D eigenvalue weighted by atomic mass is 10.1. The SMILES string of the molecule is COc1ccc([C@@H](O)CNCCCCCCOCCOCc2c(Cl)cccc2Cl)cc1C. The predicted molar refractivity (Wildman–Crippen MR) is 131 cm³/mol. The minimum Gasteiger partial charge on any atom is -0.496 e. The monoisotopic (exact) mass is 483 g/mol. The summed E-state index contributed by atoms with van der Waals surface area (Å²) in [4.78, 5) is 0. The molecule has 0 spiro atoms. The van der Waals surface area contributed by atoms with E-state index >= 15 is 0 Å². The van der Waals surface area contributed by atoms with Crippen molar-refractivity contribution in [2.75, 3.05) is 40.0 Å². The molecule has 0 radical (unpaired) electrons. The number of unbranched alkanes of at least 4 members (excludes halogenated alkanes) is 3. The van der Waals surface area contributed by atoms with Crippen molar-refractivity contribution in [1.82, 2.24) is 5.32 Å². The Hall–Kier alpha value is -1.34. The van der Waals surface area contributed by atoms with E-state index in [-0.39, 0.29) is 0 Å². The first-order valence-electron chi connectivity index (χ1n) is 11.1. The van der Waals surface area contributed by atoms with Crippen LogP contribution in [0.25, 0.3) is 0 Å². The lowest BCUT2D eigenvalue weighted by Crippen LogP contribution is -2.22. The fourth-order valence-corrected chi connectivity index (χ4v) is 3.84. The average Bonchev–Trinajstić information content (AvgIpc) is 2.78.